The normalized spacial score (nSPS) is 34.2. The van der Waals surface area contributed by atoms with Gasteiger partial charge in [-0.3, -0.25) is 9.59 Å². The molecule has 2 aromatic heterocycles. The Labute approximate surface area is 384 Å². The average Bonchev–Trinajstić information content (AvgIpc) is 3.70. The smallest absolute Gasteiger partial charge is 0.405 e. The highest BCUT2D eigenvalue weighted by molar-refractivity contribution is 5.88. The number of amides is 4. The molecule has 0 radical (unpaired) electrons. The lowest BCUT2D eigenvalue weighted by atomic mass is 9.85. The molecule has 4 saturated heterocycles. The Bertz CT molecular complexity index is 2320. The molecule has 2 aliphatic carbocycles. The first-order valence-corrected chi connectivity index (χ1v) is 23.7. The number of carbonyl (C=O) groups is 4. The van der Waals surface area contributed by atoms with Gasteiger partial charge in [0.15, 0.2) is 0 Å². The molecule has 0 bridgehead atoms. The number of hydrogen-bond acceptors (Lipinski definition) is 8. The highest BCUT2D eigenvalue weighted by atomic mass is 16.5. The van der Waals surface area contributed by atoms with Crippen molar-refractivity contribution < 1.29 is 38.9 Å². The van der Waals surface area contributed by atoms with Crippen molar-refractivity contribution in [2.24, 2.45) is 22.7 Å². The molecule has 4 aliphatic heterocycles. The SMILES string of the molecule is C[C@@H]1CC([C@H](NC(=O)O)C(=O)N2[C@H](c3nc(-c4ccc(-c5ccc(-c6c[nH]c([C@@H]7C[C@@]8(C)C[C@H]8N7C(=O)[C@@H](NC(=O)O)C7C[C@@H](C)O[C@H](C)C7)n6)cc5)cc4)c[nH]3)C[C@@]3(C)C[C@@H]23)C[C@@H](C)O1. The van der Waals surface area contributed by atoms with Crippen molar-refractivity contribution in [3.05, 3.63) is 72.6 Å². The predicted molar refractivity (Wildman–Crippen MR) is 244 cm³/mol. The van der Waals surface area contributed by atoms with Gasteiger partial charge in [-0.1, -0.05) is 62.4 Å². The summed E-state index contributed by atoms with van der Waals surface area (Å²) >= 11 is 0. The second-order valence-corrected chi connectivity index (χ2v) is 21.0. The third-order valence-electron chi connectivity index (χ3n) is 15.8. The van der Waals surface area contributed by atoms with Crippen molar-refractivity contribution in [2.45, 2.75) is 154 Å². The molecule has 4 aromatic rings. The Kier molecular flexibility index (Phi) is 11.1. The lowest BCUT2D eigenvalue weighted by Gasteiger charge is -2.38. The molecule has 0 unspecified atom stereocenters. The zero-order valence-corrected chi connectivity index (χ0v) is 38.5. The van der Waals surface area contributed by atoms with Gasteiger partial charge in [0.25, 0.3) is 0 Å². The van der Waals surface area contributed by atoms with Crippen LogP contribution in [-0.4, -0.2) is 113 Å². The molecule has 2 saturated carbocycles. The molecule has 350 valence electrons. The number of aromatic nitrogens is 4. The number of hydrogen-bond donors (Lipinski definition) is 6. The van der Waals surface area contributed by atoms with E-state index in [-0.39, 0.29) is 83.1 Å². The van der Waals surface area contributed by atoms with Gasteiger partial charge in [0, 0.05) is 35.6 Å². The van der Waals surface area contributed by atoms with Gasteiger partial charge >= 0.3 is 12.2 Å². The van der Waals surface area contributed by atoms with Gasteiger partial charge in [0.05, 0.1) is 47.9 Å². The van der Waals surface area contributed by atoms with Crippen LogP contribution in [-0.2, 0) is 19.1 Å². The minimum atomic E-state index is -1.20. The highest BCUT2D eigenvalue weighted by Crippen LogP contribution is 2.64. The molecule has 2 aromatic carbocycles. The van der Waals surface area contributed by atoms with Crippen LogP contribution in [0.25, 0.3) is 33.6 Å². The summed E-state index contributed by atoms with van der Waals surface area (Å²) in [4.78, 5) is 73.4. The average molecular weight is 903 g/mol. The van der Waals surface area contributed by atoms with E-state index in [1.165, 1.54) is 0 Å². The van der Waals surface area contributed by atoms with Gasteiger partial charge in [-0.15, -0.1) is 0 Å². The van der Waals surface area contributed by atoms with E-state index >= 15 is 0 Å². The first-order chi connectivity index (χ1) is 31.5. The van der Waals surface area contributed by atoms with Crippen molar-refractivity contribution in [2.75, 3.05) is 0 Å². The van der Waals surface area contributed by atoms with Crippen LogP contribution in [0.1, 0.15) is 117 Å². The van der Waals surface area contributed by atoms with Gasteiger partial charge < -0.3 is 50.1 Å². The number of H-pyrrole nitrogens is 2. The lowest BCUT2D eigenvalue weighted by molar-refractivity contribution is -0.140. The maximum absolute atomic E-state index is 14.4. The molecular formula is C50H62N8O8. The Morgan fingerprint density at radius 3 is 1.26 bits per heavy atom. The molecule has 6 N–H and O–H groups in total. The topological polar surface area (TPSA) is 215 Å². The van der Waals surface area contributed by atoms with Crippen molar-refractivity contribution in [3.63, 3.8) is 0 Å². The summed E-state index contributed by atoms with van der Waals surface area (Å²) in [7, 11) is 0. The Balaban J connectivity index is 0.819. The molecule has 6 aliphatic rings. The molecule has 10 rings (SSSR count). The first kappa shape index (κ1) is 44.1. The van der Waals surface area contributed by atoms with Gasteiger partial charge in [-0.05, 0) is 113 Å². The lowest BCUT2D eigenvalue weighted by Crippen LogP contribution is -2.54. The molecule has 16 heteroatoms. The molecule has 16 nitrogen and oxygen atoms in total. The number of fused-ring (bicyclic) bond motifs is 2. The third kappa shape index (κ3) is 8.24. The molecule has 12 atom stereocenters. The fourth-order valence-electron chi connectivity index (χ4n) is 12.4. The number of nitrogens with one attached hydrogen (secondary N) is 4. The quantitative estimate of drug-likeness (QED) is 0.0855. The highest BCUT2D eigenvalue weighted by Gasteiger charge is 2.66. The van der Waals surface area contributed by atoms with E-state index < -0.39 is 24.3 Å². The number of carboxylic acid groups (broad SMARTS) is 2. The molecule has 4 amide bonds. The van der Waals surface area contributed by atoms with E-state index in [0.717, 1.165) is 59.3 Å². The van der Waals surface area contributed by atoms with Crippen molar-refractivity contribution in [1.29, 1.82) is 0 Å². The standard InChI is InChI=1S/C50H62N8O8/c1-25-15-33(16-26(2)65-25)41(55-47(61)62)45(59)57-37(19-49(5)21-39(49)57)43-51-23-35(53-43)31-11-7-29(8-12-31)30-9-13-32(14-10-30)36-24-52-44(54-36)38-20-50(6)22-40(50)58(38)46(60)42(56-48(63)64)34-17-27(3)66-28(4)18-34/h7-14,23-28,33-34,37-42,55-56H,15-22H2,1-6H3,(H,51,53)(H,52,54)(H,61,62)(H,63,64)/t25-,26-,27-,28-,37+,38+,39-,40-,41+,42+,49+,50+/m1/s1. The summed E-state index contributed by atoms with van der Waals surface area (Å²) in [6, 6.07) is 14.2. The number of ether oxygens (including phenoxy) is 2. The Morgan fingerprint density at radius 2 is 0.924 bits per heavy atom. The molecule has 6 fully saturated rings. The number of imidazole rings is 2. The monoisotopic (exact) mass is 902 g/mol. The maximum atomic E-state index is 14.4. The van der Waals surface area contributed by atoms with Crippen LogP contribution in [0.5, 0.6) is 0 Å². The van der Waals surface area contributed by atoms with Crippen LogP contribution < -0.4 is 10.6 Å². The van der Waals surface area contributed by atoms with Gasteiger partial charge in [0.1, 0.15) is 23.7 Å². The molecular weight excluding hydrogens is 841 g/mol. The number of piperidine rings is 2. The molecule has 6 heterocycles. The van der Waals surface area contributed by atoms with Crippen LogP contribution in [0, 0.1) is 22.7 Å². The van der Waals surface area contributed by atoms with Gasteiger partial charge in [-0.25, -0.2) is 19.6 Å². The third-order valence-corrected chi connectivity index (χ3v) is 15.8. The summed E-state index contributed by atoms with van der Waals surface area (Å²) in [5.41, 5.74) is 5.39. The van der Waals surface area contributed by atoms with E-state index in [9.17, 15) is 29.4 Å². The first-order valence-electron chi connectivity index (χ1n) is 23.7. The van der Waals surface area contributed by atoms with E-state index in [1.54, 1.807) is 0 Å². The Morgan fingerprint density at radius 1 is 0.591 bits per heavy atom. The number of aromatic amines is 2. The largest absolute Gasteiger partial charge is 0.465 e. The fourth-order valence-corrected chi connectivity index (χ4v) is 12.4. The van der Waals surface area contributed by atoms with E-state index in [1.807, 2.05) is 74.2 Å². The van der Waals surface area contributed by atoms with Gasteiger partial charge in [-0.2, -0.15) is 0 Å². The molecule has 0 spiro atoms. The number of carbonyl (C=O) groups excluding carboxylic acids is 2. The second kappa shape index (κ2) is 16.5. The summed E-state index contributed by atoms with van der Waals surface area (Å²) < 4.78 is 11.9. The van der Waals surface area contributed by atoms with Crippen LogP contribution >= 0.6 is 0 Å². The number of nitrogens with zero attached hydrogens (tertiary/aromatic N) is 4. The predicted octanol–water partition coefficient (Wildman–Crippen LogP) is 7.92. The number of rotatable bonds is 11. The van der Waals surface area contributed by atoms with E-state index in [2.05, 4.69) is 58.7 Å². The minimum absolute atomic E-state index is 0.0281. The zero-order valence-electron chi connectivity index (χ0n) is 38.5. The van der Waals surface area contributed by atoms with E-state index in [4.69, 9.17) is 19.4 Å². The van der Waals surface area contributed by atoms with Crippen LogP contribution in [0.3, 0.4) is 0 Å². The van der Waals surface area contributed by atoms with Crippen molar-refractivity contribution in [3.8, 4) is 33.6 Å². The summed E-state index contributed by atoms with van der Waals surface area (Å²) in [6.45, 7) is 12.3. The second-order valence-electron chi connectivity index (χ2n) is 21.0. The minimum Gasteiger partial charge on any atom is -0.465 e. The summed E-state index contributed by atoms with van der Waals surface area (Å²) in [5.74, 6) is 0.701. The van der Waals surface area contributed by atoms with Gasteiger partial charge in [0.2, 0.25) is 11.8 Å². The fraction of sp³-hybridized carbons (Fsp3) is 0.560. The van der Waals surface area contributed by atoms with Crippen LogP contribution in [0.4, 0.5) is 9.59 Å². The molecule has 66 heavy (non-hydrogen) atoms. The summed E-state index contributed by atoms with van der Waals surface area (Å²) in [6.07, 6.45) is 6.82. The van der Waals surface area contributed by atoms with Crippen molar-refractivity contribution in [1.82, 2.24) is 40.4 Å². The number of likely N-dealkylation sites (tertiary alicyclic amines) is 2. The number of benzene rings is 2. The van der Waals surface area contributed by atoms with Crippen molar-refractivity contribution >= 4 is 24.0 Å². The van der Waals surface area contributed by atoms with Crippen LogP contribution in [0.15, 0.2) is 60.9 Å². The Hall–Kier alpha value is -5.74. The zero-order chi connectivity index (χ0) is 46.4. The van der Waals surface area contributed by atoms with E-state index in [0.29, 0.717) is 37.3 Å². The summed E-state index contributed by atoms with van der Waals surface area (Å²) in [5, 5.41) is 24.8. The van der Waals surface area contributed by atoms with Crippen LogP contribution in [0.2, 0.25) is 0 Å². The maximum Gasteiger partial charge on any atom is 0.405 e.